The summed E-state index contributed by atoms with van der Waals surface area (Å²) in [6.45, 7) is 4.40. The lowest BCUT2D eigenvalue weighted by molar-refractivity contribution is 0.0482. The van der Waals surface area contributed by atoms with E-state index in [0.717, 1.165) is 60.3 Å². The first-order chi connectivity index (χ1) is 20.0. The molecule has 2 aliphatic rings. The Morgan fingerprint density at radius 1 is 0.976 bits per heavy atom. The summed E-state index contributed by atoms with van der Waals surface area (Å²) in [5.74, 6) is 1.51. The molecule has 214 valence electrons. The monoisotopic (exact) mass is 571 g/mol. The maximum Gasteiger partial charge on any atom is 0.253 e. The Labute approximate surface area is 247 Å². The van der Waals surface area contributed by atoms with Crippen LogP contribution in [0, 0.1) is 6.92 Å². The molecule has 4 aromatic rings. The second kappa shape index (κ2) is 12.2. The molecule has 0 saturated carbocycles. The number of amides is 1. The summed E-state index contributed by atoms with van der Waals surface area (Å²) >= 11 is 6.35. The summed E-state index contributed by atoms with van der Waals surface area (Å²) in [6.07, 6.45) is 7.71. The van der Waals surface area contributed by atoms with Gasteiger partial charge in [-0.05, 0) is 62.8 Å². The molecule has 1 amide bonds. The highest BCUT2D eigenvalue weighted by atomic mass is 35.5. The van der Waals surface area contributed by atoms with Gasteiger partial charge >= 0.3 is 0 Å². The quantitative estimate of drug-likeness (QED) is 0.222. The Morgan fingerprint density at radius 3 is 2.49 bits per heavy atom. The molecule has 2 bridgehead atoms. The molecule has 2 aliphatic heterocycles. The molecular formula is C34H38ClN3O3. The van der Waals surface area contributed by atoms with Crippen molar-refractivity contribution in [3.8, 4) is 11.5 Å². The summed E-state index contributed by atoms with van der Waals surface area (Å²) < 4.78 is 14.3. The van der Waals surface area contributed by atoms with Gasteiger partial charge in [-0.1, -0.05) is 65.7 Å². The molecule has 7 heteroatoms. The molecule has 2 saturated heterocycles. The number of para-hydroxylation sites is 2. The molecule has 2 fully saturated rings. The summed E-state index contributed by atoms with van der Waals surface area (Å²) in [4.78, 5) is 16.0. The Kier molecular flexibility index (Phi) is 8.22. The molecular weight excluding hydrogens is 534 g/mol. The molecule has 3 heterocycles. The fourth-order valence-corrected chi connectivity index (χ4v) is 6.96. The number of ether oxygens (including phenoxy) is 2. The SMILES string of the molecule is COc1cccc2c(C(=O)NCc3cccc(C)c3)cn(CCCN3C4CCC3CC(Oc3ccccc3Cl)C4)c12. The van der Waals surface area contributed by atoms with E-state index < -0.39 is 0 Å². The number of carbonyl (C=O) groups excluding carboxylic acids is 1. The number of aryl methyl sites for hydroxylation is 2. The molecule has 0 radical (unpaired) electrons. The van der Waals surface area contributed by atoms with Gasteiger partial charge in [0.25, 0.3) is 5.91 Å². The molecule has 41 heavy (non-hydrogen) atoms. The standard InChI is InChI=1S/C34H38ClN3O3/c1-23-8-5-9-24(18-23)21-36-34(39)29-22-37(33-28(29)10-6-13-32(33)40-2)16-7-17-38-25-14-15-26(38)20-27(19-25)41-31-12-4-3-11-30(31)35/h3-6,8-13,18,22,25-27H,7,14-17,19-21H2,1-2H3,(H,36,39). The lowest BCUT2D eigenvalue weighted by Crippen LogP contribution is -2.46. The van der Waals surface area contributed by atoms with Gasteiger partial charge in [-0.2, -0.15) is 0 Å². The Balaban J connectivity index is 1.11. The van der Waals surface area contributed by atoms with Crippen LogP contribution in [0.1, 0.15) is 53.6 Å². The van der Waals surface area contributed by atoms with E-state index in [1.165, 1.54) is 18.4 Å². The lowest BCUT2D eigenvalue weighted by atomic mass is 9.99. The molecule has 1 aromatic heterocycles. The third-order valence-corrected chi connectivity index (χ3v) is 8.96. The molecule has 6 nitrogen and oxygen atoms in total. The van der Waals surface area contributed by atoms with Crippen LogP contribution in [0.25, 0.3) is 10.9 Å². The van der Waals surface area contributed by atoms with Crippen molar-refractivity contribution in [3.05, 3.63) is 94.6 Å². The average Bonchev–Trinajstić information content (AvgIpc) is 3.46. The number of nitrogens with zero attached hydrogens (tertiary/aromatic N) is 2. The number of halogens is 1. The van der Waals surface area contributed by atoms with Crippen molar-refractivity contribution in [3.63, 3.8) is 0 Å². The van der Waals surface area contributed by atoms with Crippen molar-refractivity contribution in [1.29, 1.82) is 0 Å². The van der Waals surface area contributed by atoms with Gasteiger partial charge < -0.3 is 19.4 Å². The fourth-order valence-electron chi connectivity index (χ4n) is 6.78. The number of carbonyl (C=O) groups is 1. The molecule has 0 spiro atoms. The first-order valence-electron chi connectivity index (χ1n) is 14.7. The molecule has 2 atom stereocenters. The number of aromatic nitrogens is 1. The van der Waals surface area contributed by atoms with E-state index in [-0.39, 0.29) is 12.0 Å². The van der Waals surface area contributed by atoms with Gasteiger partial charge in [0.15, 0.2) is 0 Å². The van der Waals surface area contributed by atoms with E-state index in [0.29, 0.717) is 29.2 Å². The van der Waals surface area contributed by atoms with E-state index in [1.807, 2.05) is 60.8 Å². The van der Waals surface area contributed by atoms with Crippen LogP contribution in [-0.2, 0) is 13.1 Å². The minimum absolute atomic E-state index is 0.0675. The highest BCUT2D eigenvalue weighted by Crippen LogP contribution is 2.38. The molecule has 1 N–H and O–H groups in total. The highest BCUT2D eigenvalue weighted by Gasteiger charge is 2.41. The van der Waals surface area contributed by atoms with Gasteiger partial charge in [-0.3, -0.25) is 9.69 Å². The smallest absolute Gasteiger partial charge is 0.253 e. The number of piperidine rings is 1. The molecule has 2 unspecified atom stereocenters. The predicted octanol–water partition coefficient (Wildman–Crippen LogP) is 7.01. The van der Waals surface area contributed by atoms with E-state index in [4.69, 9.17) is 21.1 Å². The van der Waals surface area contributed by atoms with Gasteiger partial charge in [-0.15, -0.1) is 0 Å². The largest absolute Gasteiger partial charge is 0.495 e. The minimum Gasteiger partial charge on any atom is -0.495 e. The van der Waals surface area contributed by atoms with E-state index in [9.17, 15) is 4.79 Å². The Bertz CT molecular complexity index is 1520. The van der Waals surface area contributed by atoms with Crippen LogP contribution in [0.15, 0.2) is 72.9 Å². The summed E-state index contributed by atoms with van der Waals surface area (Å²) in [7, 11) is 1.69. The molecule has 6 rings (SSSR count). The van der Waals surface area contributed by atoms with Crippen molar-refractivity contribution in [2.24, 2.45) is 0 Å². The zero-order valence-corrected chi connectivity index (χ0v) is 24.6. The normalized spacial score (nSPS) is 20.3. The van der Waals surface area contributed by atoms with Crippen LogP contribution in [-0.4, -0.2) is 47.2 Å². The lowest BCUT2D eigenvalue weighted by Gasteiger charge is -2.39. The van der Waals surface area contributed by atoms with Crippen molar-refractivity contribution < 1.29 is 14.3 Å². The third kappa shape index (κ3) is 5.95. The van der Waals surface area contributed by atoms with Gasteiger partial charge in [0.2, 0.25) is 0 Å². The third-order valence-electron chi connectivity index (χ3n) is 8.65. The van der Waals surface area contributed by atoms with Crippen molar-refractivity contribution in [1.82, 2.24) is 14.8 Å². The molecule has 3 aromatic carbocycles. The van der Waals surface area contributed by atoms with Crippen LogP contribution >= 0.6 is 11.6 Å². The number of fused-ring (bicyclic) bond motifs is 3. The van der Waals surface area contributed by atoms with Gasteiger partial charge in [0, 0.05) is 43.3 Å². The highest BCUT2D eigenvalue weighted by molar-refractivity contribution is 6.32. The topological polar surface area (TPSA) is 55.7 Å². The number of hydrogen-bond donors (Lipinski definition) is 1. The van der Waals surface area contributed by atoms with Crippen LogP contribution in [0.4, 0.5) is 0 Å². The fraction of sp³-hybridized carbons (Fsp3) is 0.382. The molecule has 0 aliphatic carbocycles. The van der Waals surface area contributed by atoms with Crippen LogP contribution in [0.2, 0.25) is 5.02 Å². The van der Waals surface area contributed by atoms with Crippen LogP contribution < -0.4 is 14.8 Å². The van der Waals surface area contributed by atoms with Gasteiger partial charge in [-0.25, -0.2) is 0 Å². The maximum atomic E-state index is 13.3. The first-order valence-corrected chi connectivity index (χ1v) is 15.0. The number of hydrogen-bond acceptors (Lipinski definition) is 4. The van der Waals surface area contributed by atoms with Crippen molar-refractivity contribution in [2.45, 2.75) is 70.3 Å². The second-order valence-electron chi connectivity index (χ2n) is 11.4. The summed E-state index contributed by atoms with van der Waals surface area (Å²) in [6, 6.07) is 23.0. The van der Waals surface area contributed by atoms with E-state index >= 15 is 0 Å². The van der Waals surface area contributed by atoms with Crippen molar-refractivity contribution >= 4 is 28.4 Å². The van der Waals surface area contributed by atoms with Crippen LogP contribution in [0.5, 0.6) is 11.5 Å². The first kappa shape index (κ1) is 27.7. The van der Waals surface area contributed by atoms with Crippen LogP contribution in [0.3, 0.4) is 0 Å². The second-order valence-corrected chi connectivity index (χ2v) is 11.8. The Morgan fingerprint density at radius 2 is 1.73 bits per heavy atom. The summed E-state index contributed by atoms with van der Waals surface area (Å²) in [5.41, 5.74) is 3.94. The summed E-state index contributed by atoms with van der Waals surface area (Å²) in [5, 5.41) is 4.72. The average molecular weight is 572 g/mol. The van der Waals surface area contributed by atoms with Crippen molar-refractivity contribution in [2.75, 3.05) is 13.7 Å². The van der Waals surface area contributed by atoms with Gasteiger partial charge in [0.05, 0.1) is 23.2 Å². The van der Waals surface area contributed by atoms with E-state index in [1.54, 1.807) is 7.11 Å². The zero-order chi connectivity index (χ0) is 28.3. The van der Waals surface area contributed by atoms with Gasteiger partial charge in [0.1, 0.15) is 17.6 Å². The zero-order valence-electron chi connectivity index (χ0n) is 23.8. The Hall–Kier alpha value is -3.48. The minimum atomic E-state index is -0.0675. The predicted molar refractivity (Wildman–Crippen MR) is 164 cm³/mol. The van der Waals surface area contributed by atoms with E-state index in [2.05, 4.69) is 33.8 Å². The maximum absolute atomic E-state index is 13.3. The number of rotatable bonds is 10. The number of methoxy groups -OCH3 is 1. The number of nitrogens with one attached hydrogen (secondary N) is 1. The number of benzene rings is 3.